The number of nitrogens with one attached hydrogen (secondary N) is 1. The van der Waals surface area contributed by atoms with E-state index in [1.54, 1.807) is 42.5 Å². The van der Waals surface area contributed by atoms with Gasteiger partial charge in [-0.1, -0.05) is 59.3 Å². The quantitative estimate of drug-likeness (QED) is 0.203. The Labute approximate surface area is 250 Å². The molecule has 0 atom stereocenters. The molecule has 9 nitrogen and oxygen atoms in total. The van der Waals surface area contributed by atoms with Gasteiger partial charge in [0.25, 0.3) is 16.0 Å². The largest absolute Gasteiger partial charge is 1.00 e. The van der Waals surface area contributed by atoms with E-state index in [1.807, 2.05) is 0 Å². The van der Waals surface area contributed by atoms with Crippen molar-refractivity contribution >= 4 is 67.1 Å². The van der Waals surface area contributed by atoms with Crippen molar-refractivity contribution in [3.63, 3.8) is 0 Å². The normalized spacial score (nSPS) is 11.4. The third kappa shape index (κ3) is 5.97. The molecule has 38 heavy (non-hydrogen) atoms. The number of para-hydroxylation sites is 1. The minimum atomic E-state index is -4.64. The first-order valence-electron chi connectivity index (χ1n) is 10.6. The van der Waals surface area contributed by atoms with Crippen LogP contribution in [0.2, 0.25) is 10.0 Å². The number of azo groups is 1. The maximum Gasteiger partial charge on any atom is 1.00 e. The predicted molar refractivity (Wildman–Crippen MR) is 140 cm³/mol. The van der Waals surface area contributed by atoms with E-state index in [1.165, 1.54) is 32.2 Å². The van der Waals surface area contributed by atoms with Gasteiger partial charge in [0, 0.05) is 10.9 Å². The Morgan fingerprint density at radius 2 is 1.74 bits per heavy atom. The number of carbonyl (C=O) groups excluding carboxylic acids is 1. The Morgan fingerprint density at radius 3 is 2.42 bits per heavy atom. The van der Waals surface area contributed by atoms with Crippen LogP contribution in [-0.4, -0.2) is 26.0 Å². The third-order valence-electron chi connectivity index (χ3n) is 5.48. The summed E-state index contributed by atoms with van der Waals surface area (Å²) in [7, 11) is -3.24. The van der Waals surface area contributed by atoms with Crippen LogP contribution >= 0.6 is 23.2 Å². The van der Waals surface area contributed by atoms with E-state index in [-0.39, 0.29) is 73.5 Å². The van der Waals surface area contributed by atoms with Crippen molar-refractivity contribution in [1.29, 1.82) is 0 Å². The molecule has 0 saturated heterocycles. The Morgan fingerprint density at radius 1 is 1.03 bits per heavy atom. The second-order valence-electron chi connectivity index (χ2n) is 7.79. The van der Waals surface area contributed by atoms with Gasteiger partial charge in [-0.25, -0.2) is 0 Å². The Bertz CT molecular complexity index is 1700. The first-order chi connectivity index (χ1) is 17.5. The van der Waals surface area contributed by atoms with Crippen molar-refractivity contribution in [1.82, 2.24) is 0 Å². The fraction of sp³-hybridized carbons (Fsp3) is 0.0800. The van der Waals surface area contributed by atoms with E-state index in [0.717, 1.165) is 0 Å². The number of rotatable bonds is 6. The van der Waals surface area contributed by atoms with E-state index < -0.39 is 26.7 Å². The molecule has 0 saturated carbocycles. The molecule has 0 spiro atoms. The van der Waals surface area contributed by atoms with Crippen molar-refractivity contribution < 1.29 is 57.2 Å². The fourth-order valence-corrected chi connectivity index (χ4v) is 5.31. The van der Waals surface area contributed by atoms with Gasteiger partial charge in [0.2, 0.25) is 0 Å². The number of halogens is 2. The second-order valence-corrected chi connectivity index (χ2v) is 9.97. The summed E-state index contributed by atoms with van der Waals surface area (Å²) in [4.78, 5) is 12.6. The van der Waals surface area contributed by atoms with Crippen LogP contribution < -0.4 is 44.7 Å². The van der Waals surface area contributed by atoms with Gasteiger partial charge in [0.05, 0.1) is 34.2 Å². The summed E-state index contributed by atoms with van der Waals surface area (Å²) in [6.45, 7) is 1.39. The van der Waals surface area contributed by atoms with Crippen molar-refractivity contribution in [2.24, 2.45) is 10.2 Å². The van der Waals surface area contributed by atoms with Crippen LogP contribution in [0.1, 0.15) is 15.9 Å². The third-order valence-corrected chi connectivity index (χ3v) is 7.25. The fourth-order valence-electron chi connectivity index (χ4n) is 3.76. The summed E-state index contributed by atoms with van der Waals surface area (Å²) in [6.07, 6.45) is 0. The van der Waals surface area contributed by atoms with Crippen LogP contribution in [0.25, 0.3) is 10.8 Å². The van der Waals surface area contributed by atoms with Crippen molar-refractivity contribution in [3.05, 3.63) is 81.8 Å². The smallest absolute Gasteiger partial charge is 0.870 e. The number of amides is 1. The number of methoxy groups -OCH3 is 1. The molecule has 0 aliphatic rings. The van der Waals surface area contributed by atoms with Gasteiger partial charge in [-0.2, -0.15) is 18.6 Å². The summed E-state index contributed by atoms with van der Waals surface area (Å²) in [5.74, 6) is -1.19. The number of hydrogen-bond acceptors (Lipinski definition) is 7. The summed E-state index contributed by atoms with van der Waals surface area (Å²) in [6, 6.07) is 15.6. The number of nitrogens with zero attached hydrogens (tertiary/aromatic N) is 2. The van der Waals surface area contributed by atoms with Gasteiger partial charge in [-0.15, -0.1) is 0 Å². The first kappa shape index (κ1) is 29.9. The van der Waals surface area contributed by atoms with Gasteiger partial charge in [0.15, 0.2) is 5.75 Å². The molecule has 0 unspecified atom stereocenters. The number of fused-ring (bicyclic) bond motifs is 1. The van der Waals surface area contributed by atoms with Gasteiger partial charge >= 0.3 is 29.6 Å². The first-order valence-corrected chi connectivity index (χ1v) is 12.8. The minimum absolute atomic E-state index is 0. The average Bonchev–Trinajstić information content (AvgIpc) is 2.83. The molecule has 0 aromatic heterocycles. The van der Waals surface area contributed by atoms with Crippen molar-refractivity contribution in [3.8, 4) is 11.5 Å². The molecule has 4 rings (SSSR count). The molecule has 190 valence electrons. The number of ether oxygens (including phenoxy) is 1. The molecule has 2 N–H and O–H groups in total. The molecule has 0 fully saturated rings. The monoisotopic (exact) mass is 581 g/mol. The Balaban J connectivity index is 0.00000400. The second kappa shape index (κ2) is 12.0. The molecular formula is C25H18Cl2N3NaO6S. The molecular weight excluding hydrogens is 564 g/mol. The van der Waals surface area contributed by atoms with Crippen LogP contribution in [-0.2, 0) is 10.1 Å². The SMILES string of the molecule is COc1c(Cl)cccc1NC(=O)c1cc2ccccc2c(N=Nc2ccc(Cl)c(S(=O)(=O)O)c2C)c1[O-].[Na+]. The zero-order valence-corrected chi connectivity index (χ0v) is 24.6. The van der Waals surface area contributed by atoms with E-state index >= 15 is 0 Å². The summed E-state index contributed by atoms with van der Waals surface area (Å²) < 4.78 is 38.3. The van der Waals surface area contributed by atoms with Crippen LogP contribution in [0.4, 0.5) is 17.1 Å². The van der Waals surface area contributed by atoms with Gasteiger partial charge in [0.1, 0.15) is 4.90 Å². The summed E-state index contributed by atoms with van der Waals surface area (Å²) >= 11 is 12.1. The summed E-state index contributed by atoms with van der Waals surface area (Å²) in [5.41, 5.74) is 0.0203. The van der Waals surface area contributed by atoms with Gasteiger partial charge in [-0.05, 0) is 48.2 Å². The molecule has 1 amide bonds. The van der Waals surface area contributed by atoms with Gasteiger partial charge < -0.3 is 15.2 Å². The number of hydrogen-bond donors (Lipinski definition) is 2. The molecule has 0 radical (unpaired) electrons. The number of anilines is 1. The molecule has 0 aliphatic heterocycles. The molecule has 13 heteroatoms. The molecule has 0 heterocycles. The molecule has 4 aromatic rings. The summed E-state index contributed by atoms with van der Waals surface area (Å²) in [5, 5.41) is 25.2. The number of benzene rings is 4. The molecule has 0 bridgehead atoms. The van der Waals surface area contributed by atoms with Crippen molar-refractivity contribution in [2.75, 3.05) is 12.4 Å². The Hall–Kier alpha value is -2.70. The van der Waals surface area contributed by atoms with Crippen molar-refractivity contribution in [2.45, 2.75) is 11.8 Å². The standard InChI is InChI=1S/C25H19Cl2N3O6S.Na/c1-13-19(11-10-18(27)24(13)37(33,34)35)29-30-21-15-7-4-3-6-14(15)12-16(22(21)31)25(32)28-20-9-5-8-17(26)23(20)36-2;/h3-12,31H,1-2H3,(H,28,32)(H,33,34,35);/q;+1/p-1. The van der Waals surface area contributed by atoms with Crippen LogP contribution in [0.15, 0.2) is 75.8 Å². The zero-order valence-electron chi connectivity index (χ0n) is 20.3. The van der Waals surface area contributed by atoms with E-state index in [0.29, 0.717) is 10.8 Å². The minimum Gasteiger partial charge on any atom is -0.870 e. The Kier molecular flexibility index (Phi) is 9.43. The van der Waals surface area contributed by atoms with E-state index in [4.69, 9.17) is 27.9 Å². The van der Waals surface area contributed by atoms with Crippen LogP contribution in [0.3, 0.4) is 0 Å². The topological polar surface area (TPSA) is 140 Å². The van der Waals surface area contributed by atoms with Crippen LogP contribution in [0.5, 0.6) is 11.5 Å². The van der Waals surface area contributed by atoms with E-state index in [9.17, 15) is 22.9 Å². The maximum atomic E-state index is 13.4. The van der Waals surface area contributed by atoms with E-state index in [2.05, 4.69) is 15.5 Å². The zero-order chi connectivity index (χ0) is 26.9. The average molecular weight is 582 g/mol. The molecule has 0 aliphatic carbocycles. The predicted octanol–water partition coefficient (Wildman–Crippen LogP) is 3.46. The van der Waals surface area contributed by atoms with Gasteiger partial charge in [-0.3, -0.25) is 9.35 Å². The number of carbonyl (C=O) groups is 1. The molecule has 4 aromatic carbocycles. The maximum absolute atomic E-state index is 13.4. The van der Waals surface area contributed by atoms with Crippen LogP contribution in [0, 0.1) is 6.92 Å².